The van der Waals surface area contributed by atoms with Crippen molar-refractivity contribution < 1.29 is 13.2 Å². The van der Waals surface area contributed by atoms with Gasteiger partial charge in [0, 0.05) is 5.39 Å². The molecule has 5 rings (SSSR count). The zero-order valence-electron chi connectivity index (χ0n) is 17.5. The number of nitrogens with zero attached hydrogens (tertiary/aromatic N) is 1. The van der Waals surface area contributed by atoms with E-state index in [1.807, 2.05) is 78.9 Å². The van der Waals surface area contributed by atoms with Gasteiger partial charge in [-0.15, -0.1) is 0 Å². The second-order valence-electron chi connectivity index (χ2n) is 7.87. The quantitative estimate of drug-likeness (QED) is 0.490. The Morgan fingerprint density at radius 1 is 0.781 bits per heavy atom. The van der Waals surface area contributed by atoms with Gasteiger partial charge in [0.25, 0.3) is 10.0 Å². The molecule has 32 heavy (non-hydrogen) atoms. The van der Waals surface area contributed by atoms with Crippen LogP contribution >= 0.6 is 0 Å². The van der Waals surface area contributed by atoms with E-state index in [0.29, 0.717) is 11.1 Å². The molecule has 6 heteroatoms. The number of carbonyl (C=O) groups is 1. The van der Waals surface area contributed by atoms with E-state index in [-0.39, 0.29) is 10.8 Å². The van der Waals surface area contributed by atoms with Crippen LogP contribution in [-0.2, 0) is 14.8 Å². The lowest BCUT2D eigenvalue weighted by Gasteiger charge is -2.28. The molecule has 0 unspecified atom stereocenters. The molecular weight excluding hydrogens is 420 g/mol. The average Bonchev–Trinajstić information content (AvgIpc) is 3.06. The van der Waals surface area contributed by atoms with Crippen molar-refractivity contribution in [3.63, 3.8) is 0 Å². The molecule has 1 atom stereocenters. The highest BCUT2D eigenvalue weighted by molar-refractivity contribution is 7.93. The van der Waals surface area contributed by atoms with Gasteiger partial charge in [0.1, 0.15) is 6.04 Å². The normalized spacial score (nSPS) is 15.1. The third kappa shape index (κ3) is 3.24. The highest BCUT2D eigenvalue weighted by Crippen LogP contribution is 2.43. The number of amides is 1. The van der Waals surface area contributed by atoms with Gasteiger partial charge in [-0.2, -0.15) is 0 Å². The van der Waals surface area contributed by atoms with Crippen molar-refractivity contribution in [3.8, 4) is 0 Å². The molecule has 160 valence electrons. The molecule has 4 aromatic rings. The molecule has 0 aromatic heterocycles. The lowest BCUT2D eigenvalue weighted by atomic mass is 9.98. The van der Waals surface area contributed by atoms with Crippen LogP contribution < -0.4 is 9.62 Å². The second kappa shape index (κ2) is 7.80. The van der Waals surface area contributed by atoms with Crippen molar-refractivity contribution in [2.24, 2.45) is 0 Å². The summed E-state index contributed by atoms with van der Waals surface area (Å²) in [7, 11) is -3.84. The Labute approximate surface area is 187 Å². The lowest BCUT2D eigenvalue weighted by molar-refractivity contribution is -0.122. The monoisotopic (exact) mass is 442 g/mol. The van der Waals surface area contributed by atoms with E-state index in [4.69, 9.17) is 0 Å². The first-order chi connectivity index (χ1) is 15.5. The number of hydrogen-bond donors (Lipinski definition) is 1. The molecule has 0 spiro atoms. The van der Waals surface area contributed by atoms with Crippen LogP contribution in [0.3, 0.4) is 0 Å². The van der Waals surface area contributed by atoms with Gasteiger partial charge in [0.05, 0.1) is 16.6 Å². The maximum Gasteiger partial charge on any atom is 0.265 e. The van der Waals surface area contributed by atoms with E-state index >= 15 is 0 Å². The highest BCUT2D eigenvalue weighted by atomic mass is 32.2. The second-order valence-corrected chi connectivity index (χ2v) is 9.65. The van der Waals surface area contributed by atoms with E-state index in [0.717, 1.165) is 16.5 Å². The van der Waals surface area contributed by atoms with Gasteiger partial charge in [-0.25, -0.2) is 8.42 Å². The molecule has 0 radical (unpaired) electrons. The number of anilines is 1. The highest BCUT2D eigenvalue weighted by Gasteiger charge is 2.41. The van der Waals surface area contributed by atoms with Gasteiger partial charge in [0.15, 0.2) is 0 Å². The van der Waals surface area contributed by atoms with Crippen molar-refractivity contribution in [2.75, 3.05) is 4.31 Å². The molecule has 0 saturated heterocycles. The molecular formula is C26H22N2O3S. The van der Waals surface area contributed by atoms with E-state index < -0.39 is 22.1 Å². The molecule has 1 aliphatic rings. The molecule has 4 aromatic carbocycles. The summed E-state index contributed by atoms with van der Waals surface area (Å²) in [6.45, 7) is 1.63. The standard InChI is InChI=1S/C26H22N2O3S/c1-18(28-22-16-8-14-19-15-9-17-23(24(19)22)32(28,30)31)26(29)27-25(20-10-4-2-5-11-20)21-12-6-3-7-13-21/h2-18,25H,1H3,(H,27,29)/t18-/m1/s1. The van der Waals surface area contributed by atoms with Gasteiger partial charge in [-0.1, -0.05) is 84.9 Å². The smallest absolute Gasteiger partial charge is 0.265 e. The zero-order chi connectivity index (χ0) is 22.3. The average molecular weight is 443 g/mol. The molecule has 1 aliphatic heterocycles. The molecule has 1 amide bonds. The summed E-state index contributed by atoms with van der Waals surface area (Å²) in [6, 6.07) is 28.7. The Morgan fingerprint density at radius 3 is 1.94 bits per heavy atom. The van der Waals surface area contributed by atoms with Crippen LogP contribution in [0.5, 0.6) is 0 Å². The van der Waals surface area contributed by atoms with Gasteiger partial charge in [-0.3, -0.25) is 9.10 Å². The molecule has 0 aliphatic carbocycles. The minimum atomic E-state index is -3.84. The third-order valence-corrected chi connectivity index (χ3v) is 7.83. The Bertz CT molecular complexity index is 1360. The summed E-state index contributed by atoms with van der Waals surface area (Å²) in [5.74, 6) is -0.365. The third-order valence-electron chi connectivity index (χ3n) is 5.90. The summed E-state index contributed by atoms with van der Waals surface area (Å²) < 4.78 is 28.0. The van der Waals surface area contributed by atoms with Crippen molar-refractivity contribution >= 4 is 32.4 Å². The maximum atomic E-state index is 13.4. The van der Waals surface area contributed by atoms with Crippen LogP contribution in [0.15, 0.2) is 102 Å². The number of carbonyl (C=O) groups excluding carboxylic acids is 1. The summed E-state index contributed by atoms with van der Waals surface area (Å²) >= 11 is 0. The van der Waals surface area contributed by atoms with Crippen LogP contribution in [0.2, 0.25) is 0 Å². The van der Waals surface area contributed by atoms with Crippen molar-refractivity contribution in [3.05, 3.63) is 108 Å². The summed E-state index contributed by atoms with van der Waals surface area (Å²) in [6.07, 6.45) is 0. The molecule has 5 nitrogen and oxygen atoms in total. The van der Waals surface area contributed by atoms with Crippen LogP contribution in [0.4, 0.5) is 5.69 Å². The number of hydrogen-bond acceptors (Lipinski definition) is 3. The number of sulfonamides is 1. The minimum Gasteiger partial charge on any atom is -0.343 e. The van der Waals surface area contributed by atoms with Crippen LogP contribution in [0.25, 0.3) is 10.8 Å². The van der Waals surface area contributed by atoms with E-state index in [9.17, 15) is 13.2 Å². The van der Waals surface area contributed by atoms with Gasteiger partial charge in [-0.05, 0) is 35.6 Å². The molecule has 1 N–H and O–H groups in total. The predicted molar refractivity (Wildman–Crippen MR) is 126 cm³/mol. The first-order valence-electron chi connectivity index (χ1n) is 10.4. The van der Waals surface area contributed by atoms with Crippen molar-refractivity contribution in [2.45, 2.75) is 23.9 Å². The first-order valence-corrected chi connectivity index (χ1v) is 11.9. The van der Waals surface area contributed by atoms with Gasteiger partial charge >= 0.3 is 0 Å². The molecule has 0 bridgehead atoms. The van der Waals surface area contributed by atoms with Gasteiger partial charge < -0.3 is 5.32 Å². The zero-order valence-corrected chi connectivity index (χ0v) is 18.3. The molecule has 0 saturated carbocycles. The minimum absolute atomic E-state index is 0.243. The Kier molecular flexibility index (Phi) is 4.94. The van der Waals surface area contributed by atoms with Crippen LogP contribution in [-0.4, -0.2) is 20.4 Å². The number of nitrogens with one attached hydrogen (secondary N) is 1. The lowest BCUT2D eigenvalue weighted by Crippen LogP contribution is -2.47. The van der Waals surface area contributed by atoms with E-state index in [1.54, 1.807) is 25.1 Å². The molecule has 1 heterocycles. The predicted octanol–water partition coefficient (Wildman–Crippen LogP) is 4.64. The SMILES string of the molecule is C[C@H](C(=O)NC(c1ccccc1)c1ccccc1)N1c2cccc3cccc(c23)S1(=O)=O. The Morgan fingerprint density at radius 2 is 1.34 bits per heavy atom. The topological polar surface area (TPSA) is 66.5 Å². The summed E-state index contributed by atoms with van der Waals surface area (Å²) in [5, 5.41) is 4.58. The van der Waals surface area contributed by atoms with E-state index in [2.05, 4.69) is 5.32 Å². The maximum absolute atomic E-state index is 13.4. The summed E-state index contributed by atoms with van der Waals surface area (Å²) in [5.41, 5.74) is 2.39. The Hall–Kier alpha value is -3.64. The van der Waals surface area contributed by atoms with E-state index in [1.165, 1.54) is 4.31 Å². The molecule has 0 fully saturated rings. The first kappa shape index (κ1) is 20.3. The van der Waals surface area contributed by atoms with Crippen molar-refractivity contribution in [1.82, 2.24) is 5.32 Å². The van der Waals surface area contributed by atoms with Gasteiger partial charge in [0.2, 0.25) is 5.91 Å². The van der Waals surface area contributed by atoms with Crippen molar-refractivity contribution in [1.29, 1.82) is 0 Å². The fourth-order valence-electron chi connectivity index (χ4n) is 4.36. The number of rotatable bonds is 5. The summed E-state index contributed by atoms with van der Waals surface area (Å²) in [4.78, 5) is 13.7. The fourth-order valence-corrected chi connectivity index (χ4v) is 6.22. The number of benzene rings is 4. The Balaban J connectivity index is 1.52. The largest absolute Gasteiger partial charge is 0.343 e. The van der Waals surface area contributed by atoms with Crippen LogP contribution in [0, 0.1) is 0 Å². The van der Waals surface area contributed by atoms with Crippen LogP contribution in [0.1, 0.15) is 24.1 Å². The fraction of sp³-hybridized carbons (Fsp3) is 0.115.